The van der Waals surface area contributed by atoms with Gasteiger partial charge in [0.05, 0.1) is 5.56 Å². The van der Waals surface area contributed by atoms with Gasteiger partial charge in [0.1, 0.15) is 17.5 Å². The summed E-state index contributed by atoms with van der Waals surface area (Å²) in [5.41, 5.74) is 1.63. The molecule has 2 N–H and O–H groups in total. The van der Waals surface area contributed by atoms with Gasteiger partial charge in [-0.1, -0.05) is 0 Å². The minimum absolute atomic E-state index is 0.133. The maximum atomic E-state index is 13.0. The molecule has 0 spiro atoms. The largest absolute Gasteiger partial charge is 0.478 e. The number of nitriles is 1. The number of carbonyl (C=O) groups is 2. The van der Waals surface area contributed by atoms with E-state index in [2.05, 4.69) is 5.32 Å². The van der Waals surface area contributed by atoms with Gasteiger partial charge in [0.25, 0.3) is 5.91 Å². The summed E-state index contributed by atoms with van der Waals surface area (Å²) in [6, 6.07) is 16.7. The third kappa shape index (κ3) is 4.14. The Labute approximate surface area is 159 Å². The Kier molecular flexibility index (Phi) is 5.33. The molecule has 0 radical (unpaired) electrons. The fourth-order valence-corrected chi connectivity index (χ4v) is 2.54. The second-order valence-corrected chi connectivity index (χ2v) is 5.79. The number of rotatable bonds is 5. The molecule has 3 aromatic rings. The number of aromatic nitrogens is 1. The highest BCUT2D eigenvalue weighted by molar-refractivity contribution is 6.09. The molecule has 1 amide bonds. The van der Waals surface area contributed by atoms with Crippen molar-refractivity contribution >= 4 is 23.6 Å². The zero-order chi connectivity index (χ0) is 20.1. The van der Waals surface area contributed by atoms with Crippen LogP contribution in [-0.2, 0) is 4.79 Å². The average molecular weight is 375 g/mol. The molecule has 0 saturated carbocycles. The molecule has 0 atom stereocenters. The lowest BCUT2D eigenvalue weighted by Crippen LogP contribution is -2.13. The Hall–Kier alpha value is -4.18. The molecule has 1 heterocycles. The molecular formula is C21H14FN3O3. The van der Waals surface area contributed by atoms with Crippen LogP contribution < -0.4 is 5.32 Å². The number of carboxylic acid groups (broad SMARTS) is 1. The van der Waals surface area contributed by atoms with Crippen LogP contribution in [0.5, 0.6) is 0 Å². The number of hydrogen-bond donors (Lipinski definition) is 2. The monoisotopic (exact) mass is 375 g/mol. The molecule has 1 aromatic heterocycles. The molecule has 2 aromatic carbocycles. The molecule has 138 valence electrons. The van der Waals surface area contributed by atoms with Crippen LogP contribution in [0.1, 0.15) is 16.1 Å². The Morgan fingerprint density at radius 3 is 2.36 bits per heavy atom. The van der Waals surface area contributed by atoms with Gasteiger partial charge in [-0.05, 0) is 66.7 Å². The van der Waals surface area contributed by atoms with E-state index in [1.165, 1.54) is 42.5 Å². The lowest BCUT2D eigenvalue weighted by molar-refractivity contribution is -0.112. The van der Waals surface area contributed by atoms with Crippen molar-refractivity contribution in [1.29, 1.82) is 5.26 Å². The fraction of sp³-hybridized carbons (Fsp3) is 0. The maximum Gasteiger partial charge on any atom is 0.335 e. The highest BCUT2D eigenvalue weighted by Crippen LogP contribution is 2.17. The van der Waals surface area contributed by atoms with Crippen molar-refractivity contribution in [3.63, 3.8) is 0 Å². The zero-order valence-electron chi connectivity index (χ0n) is 14.5. The van der Waals surface area contributed by atoms with E-state index in [0.29, 0.717) is 17.1 Å². The molecule has 28 heavy (non-hydrogen) atoms. The first-order valence-corrected chi connectivity index (χ1v) is 8.18. The number of halogens is 1. The molecule has 0 aliphatic rings. The first kappa shape index (κ1) is 18.6. The SMILES string of the molecule is N#C/C(=C\c1cccn1-c1ccc(C(=O)O)cc1)C(=O)Nc1ccc(F)cc1. The van der Waals surface area contributed by atoms with E-state index >= 15 is 0 Å². The van der Waals surface area contributed by atoms with Crippen molar-refractivity contribution in [3.05, 3.63) is 89.5 Å². The van der Waals surface area contributed by atoms with E-state index in [9.17, 15) is 19.2 Å². The maximum absolute atomic E-state index is 13.0. The lowest BCUT2D eigenvalue weighted by atomic mass is 10.2. The van der Waals surface area contributed by atoms with Crippen LogP contribution >= 0.6 is 0 Å². The standard InChI is InChI=1S/C21H14FN3O3/c22-16-5-7-17(8-6-16)24-20(26)15(13-23)12-19-2-1-11-25(19)18-9-3-14(4-10-18)21(27)28/h1-12H,(H,24,26)(H,27,28)/b15-12+. The van der Waals surface area contributed by atoms with Gasteiger partial charge < -0.3 is 15.0 Å². The van der Waals surface area contributed by atoms with Gasteiger partial charge in [-0.2, -0.15) is 5.26 Å². The first-order chi connectivity index (χ1) is 13.5. The molecule has 0 fully saturated rings. The molecule has 6 nitrogen and oxygen atoms in total. The summed E-state index contributed by atoms with van der Waals surface area (Å²) in [4.78, 5) is 23.3. The van der Waals surface area contributed by atoms with Gasteiger partial charge >= 0.3 is 5.97 Å². The minimum atomic E-state index is -1.02. The number of amides is 1. The van der Waals surface area contributed by atoms with Crippen LogP contribution in [0.15, 0.2) is 72.4 Å². The number of carbonyl (C=O) groups excluding carboxylic acids is 1. The van der Waals surface area contributed by atoms with Crippen molar-refractivity contribution < 1.29 is 19.1 Å². The number of nitrogens with zero attached hydrogens (tertiary/aromatic N) is 2. The minimum Gasteiger partial charge on any atom is -0.478 e. The van der Waals surface area contributed by atoms with Crippen LogP contribution in [0.3, 0.4) is 0 Å². The van der Waals surface area contributed by atoms with E-state index in [-0.39, 0.29) is 11.1 Å². The summed E-state index contributed by atoms with van der Waals surface area (Å²) < 4.78 is 14.7. The van der Waals surface area contributed by atoms with Crippen molar-refractivity contribution in [1.82, 2.24) is 4.57 Å². The topological polar surface area (TPSA) is 95.1 Å². The van der Waals surface area contributed by atoms with Crippen LogP contribution in [0.2, 0.25) is 0 Å². The molecule has 0 unspecified atom stereocenters. The number of benzene rings is 2. The number of carboxylic acids is 1. The Balaban J connectivity index is 1.86. The summed E-state index contributed by atoms with van der Waals surface area (Å²) in [5, 5.41) is 20.9. The van der Waals surface area contributed by atoms with Gasteiger partial charge in [-0.15, -0.1) is 0 Å². The highest BCUT2D eigenvalue weighted by atomic mass is 19.1. The predicted molar refractivity (Wildman–Crippen MR) is 101 cm³/mol. The summed E-state index contributed by atoms with van der Waals surface area (Å²) in [6.07, 6.45) is 3.15. The average Bonchev–Trinajstić information content (AvgIpc) is 3.16. The number of nitrogens with one attached hydrogen (secondary N) is 1. The smallest absolute Gasteiger partial charge is 0.335 e. The molecule has 7 heteroatoms. The molecule has 0 aliphatic carbocycles. The second-order valence-electron chi connectivity index (χ2n) is 5.79. The summed E-state index contributed by atoms with van der Waals surface area (Å²) >= 11 is 0. The third-order valence-electron chi connectivity index (χ3n) is 3.93. The van der Waals surface area contributed by atoms with Gasteiger partial charge in [-0.3, -0.25) is 4.79 Å². The predicted octanol–water partition coefficient (Wildman–Crippen LogP) is 3.86. The van der Waals surface area contributed by atoms with Crippen molar-refractivity contribution in [2.24, 2.45) is 0 Å². The summed E-state index contributed by atoms with van der Waals surface area (Å²) in [5.74, 6) is -2.08. The quantitative estimate of drug-likeness (QED) is 0.523. The van der Waals surface area contributed by atoms with Crippen LogP contribution in [0, 0.1) is 17.1 Å². The molecular weight excluding hydrogens is 361 g/mol. The number of aromatic carboxylic acids is 1. The Bertz CT molecular complexity index is 1090. The van der Waals surface area contributed by atoms with Crippen molar-refractivity contribution in [3.8, 4) is 11.8 Å². The van der Waals surface area contributed by atoms with Gasteiger partial charge in [0, 0.05) is 23.3 Å². The lowest BCUT2D eigenvalue weighted by Gasteiger charge is -2.08. The number of hydrogen-bond acceptors (Lipinski definition) is 3. The molecule has 3 rings (SSSR count). The molecule has 0 bridgehead atoms. The Morgan fingerprint density at radius 1 is 1.07 bits per heavy atom. The van der Waals surface area contributed by atoms with Gasteiger partial charge in [-0.25, -0.2) is 9.18 Å². The van der Waals surface area contributed by atoms with Crippen LogP contribution in [0.25, 0.3) is 11.8 Å². The van der Waals surface area contributed by atoms with Crippen molar-refractivity contribution in [2.45, 2.75) is 0 Å². The van der Waals surface area contributed by atoms with Gasteiger partial charge in [0.2, 0.25) is 0 Å². The van der Waals surface area contributed by atoms with Crippen LogP contribution in [-0.4, -0.2) is 21.6 Å². The third-order valence-corrected chi connectivity index (χ3v) is 3.93. The summed E-state index contributed by atoms with van der Waals surface area (Å²) in [6.45, 7) is 0. The molecule has 0 aliphatic heterocycles. The van der Waals surface area contributed by atoms with E-state index in [1.54, 1.807) is 35.0 Å². The normalized spacial score (nSPS) is 10.9. The summed E-state index contributed by atoms with van der Waals surface area (Å²) in [7, 11) is 0. The highest BCUT2D eigenvalue weighted by Gasteiger charge is 2.12. The number of anilines is 1. The van der Waals surface area contributed by atoms with E-state index < -0.39 is 17.7 Å². The van der Waals surface area contributed by atoms with Gasteiger partial charge in [0.15, 0.2) is 0 Å². The first-order valence-electron chi connectivity index (χ1n) is 8.18. The Morgan fingerprint density at radius 2 is 1.75 bits per heavy atom. The van der Waals surface area contributed by atoms with E-state index in [0.717, 1.165) is 0 Å². The van der Waals surface area contributed by atoms with E-state index in [1.807, 2.05) is 6.07 Å². The zero-order valence-corrected chi connectivity index (χ0v) is 14.5. The van der Waals surface area contributed by atoms with Crippen LogP contribution in [0.4, 0.5) is 10.1 Å². The van der Waals surface area contributed by atoms with Crippen molar-refractivity contribution in [2.75, 3.05) is 5.32 Å². The fourth-order valence-electron chi connectivity index (χ4n) is 2.54. The van der Waals surface area contributed by atoms with E-state index in [4.69, 9.17) is 5.11 Å². The molecule has 0 saturated heterocycles. The second kappa shape index (κ2) is 8.01.